The number of nitrogens with zero attached hydrogens (tertiary/aromatic N) is 2. The molecule has 1 fully saturated rings. The number of piperazine rings is 1. The summed E-state index contributed by atoms with van der Waals surface area (Å²) in [6, 6.07) is 14.3. The predicted octanol–water partition coefficient (Wildman–Crippen LogP) is 4.97. The highest BCUT2D eigenvalue weighted by molar-refractivity contribution is 7.08. The Hall–Kier alpha value is -2.83. The van der Waals surface area contributed by atoms with Crippen molar-refractivity contribution in [3.63, 3.8) is 0 Å². The number of ether oxygens (including phenoxy) is 1. The zero-order chi connectivity index (χ0) is 22.7. The van der Waals surface area contributed by atoms with Crippen molar-refractivity contribution in [3.05, 3.63) is 69.9 Å². The molecule has 1 saturated heterocycles. The lowest BCUT2D eigenvalue weighted by atomic mass is 10.00. The fraction of sp³-hybridized carbons (Fsp3) is 0.346. The second-order valence-corrected chi connectivity index (χ2v) is 9.24. The molecule has 3 aromatic rings. The van der Waals surface area contributed by atoms with Crippen molar-refractivity contribution >= 4 is 22.9 Å². The molecule has 1 aliphatic heterocycles. The molecule has 4 rings (SSSR count). The number of carbonyl (C=O) groups excluding carboxylic acids is 1. The molecule has 168 valence electrons. The van der Waals surface area contributed by atoms with Crippen LogP contribution in [0.2, 0.25) is 0 Å². The fourth-order valence-electron chi connectivity index (χ4n) is 4.11. The predicted molar refractivity (Wildman–Crippen MR) is 133 cm³/mol. The highest BCUT2D eigenvalue weighted by Crippen LogP contribution is 2.34. The Morgan fingerprint density at radius 2 is 1.88 bits per heavy atom. The molecule has 0 saturated carbocycles. The van der Waals surface area contributed by atoms with E-state index in [4.69, 9.17) is 4.74 Å². The third-order valence-electron chi connectivity index (χ3n) is 6.24. The van der Waals surface area contributed by atoms with Gasteiger partial charge in [-0.2, -0.15) is 11.3 Å². The van der Waals surface area contributed by atoms with Gasteiger partial charge < -0.3 is 19.9 Å². The molecule has 32 heavy (non-hydrogen) atoms. The third-order valence-corrected chi connectivity index (χ3v) is 6.92. The van der Waals surface area contributed by atoms with Crippen molar-refractivity contribution in [3.8, 4) is 16.9 Å². The summed E-state index contributed by atoms with van der Waals surface area (Å²) in [5.41, 5.74) is 6.06. The first kappa shape index (κ1) is 22.4. The number of anilines is 1. The van der Waals surface area contributed by atoms with Gasteiger partial charge in [0.2, 0.25) is 0 Å². The van der Waals surface area contributed by atoms with Crippen LogP contribution in [0.25, 0.3) is 11.1 Å². The van der Waals surface area contributed by atoms with Crippen molar-refractivity contribution in [1.82, 2.24) is 10.2 Å². The van der Waals surface area contributed by atoms with Gasteiger partial charge in [-0.1, -0.05) is 12.1 Å². The summed E-state index contributed by atoms with van der Waals surface area (Å²) in [4.78, 5) is 17.9. The van der Waals surface area contributed by atoms with Crippen LogP contribution in [0.5, 0.6) is 5.75 Å². The van der Waals surface area contributed by atoms with Gasteiger partial charge in [-0.15, -0.1) is 0 Å². The molecular formula is C26H31N3O2S. The smallest absolute Gasteiger partial charge is 0.252 e. The molecule has 0 unspecified atom stereocenters. The van der Waals surface area contributed by atoms with Crippen LogP contribution in [0.4, 0.5) is 5.69 Å². The normalized spacial score (nSPS) is 15.4. The molecule has 0 bridgehead atoms. The van der Waals surface area contributed by atoms with Gasteiger partial charge in [-0.3, -0.25) is 4.79 Å². The molecule has 1 atom stereocenters. The number of thiophene rings is 1. The summed E-state index contributed by atoms with van der Waals surface area (Å²) in [5.74, 6) is 0.792. The van der Waals surface area contributed by atoms with Crippen molar-refractivity contribution < 1.29 is 9.53 Å². The van der Waals surface area contributed by atoms with E-state index in [9.17, 15) is 4.79 Å². The number of hydrogen-bond acceptors (Lipinski definition) is 5. The van der Waals surface area contributed by atoms with E-state index in [1.54, 1.807) is 18.4 Å². The summed E-state index contributed by atoms with van der Waals surface area (Å²) >= 11 is 1.66. The molecule has 6 heteroatoms. The fourth-order valence-corrected chi connectivity index (χ4v) is 4.77. The number of likely N-dealkylation sites (N-methyl/N-ethyl adjacent to an activating group) is 1. The summed E-state index contributed by atoms with van der Waals surface area (Å²) in [5, 5.41) is 7.36. The summed E-state index contributed by atoms with van der Waals surface area (Å²) in [6.07, 6.45) is 0. The van der Waals surface area contributed by atoms with Crippen LogP contribution in [-0.2, 0) is 0 Å². The lowest BCUT2D eigenvalue weighted by Crippen LogP contribution is -2.44. The molecule has 2 heterocycles. The van der Waals surface area contributed by atoms with Crippen LogP contribution >= 0.6 is 11.3 Å². The first-order valence-electron chi connectivity index (χ1n) is 11.0. The Labute approximate surface area is 194 Å². The van der Waals surface area contributed by atoms with E-state index in [0.29, 0.717) is 0 Å². The van der Waals surface area contributed by atoms with Crippen LogP contribution in [0.15, 0.2) is 53.2 Å². The van der Waals surface area contributed by atoms with Crippen molar-refractivity contribution in [1.29, 1.82) is 0 Å². The molecule has 5 nitrogen and oxygen atoms in total. The monoisotopic (exact) mass is 449 g/mol. The van der Waals surface area contributed by atoms with Gasteiger partial charge in [0.15, 0.2) is 0 Å². The largest absolute Gasteiger partial charge is 0.496 e. The minimum atomic E-state index is -0.127. The molecule has 0 spiro atoms. The van der Waals surface area contributed by atoms with Gasteiger partial charge in [0.1, 0.15) is 5.75 Å². The molecule has 2 aromatic carbocycles. The average molecular weight is 450 g/mol. The Bertz CT molecular complexity index is 1070. The number of hydrogen-bond donors (Lipinski definition) is 1. The van der Waals surface area contributed by atoms with Crippen LogP contribution in [-0.4, -0.2) is 51.1 Å². The van der Waals surface area contributed by atoms with Crippen molar-refractivity contribution in [2.24, 2.45) is 0 Å². The van der Waals surface area contributed by atoms with Gasteiger partial charge in [0.05, 0.1) is 13.2 Å². The Kier molecular flexibility index (Phi) is 6.82. The van der Waals surface area contributed by atoms with Gasteiger partial charge in [0, 0.05) is 43.0 Å². The van der Waals surface area contributed by atoms with Gasteiger partial charge in [0.25, 0.3) is 5.91 Å². The molecule has 0 radical (unpaired) electrons. The zero-order valence-electron chi connectivity index (χ0n) is 19.2. The van der Waals surface area contributed by atoms with Gasteiger partial charge in [-0.05, 0) is 78.7 Å². The summed E-state index contributed by atoms with van der Waals surface area (Å²) in [7, 11) is 3.84. The van der Waals surface area contributed by atoms with E-state index in [1.165, 1.54) is 0 Å². The van der Waals surface area contributed by atoms with E-state index in [0.717, 1.165) is 65.4 Å². The first-order valence-corrected chi connectivity index (χ1v) is 12.0. The maximum atomic E-state index is 13.2. The maximum absolute atomic E-state index is 13.2. The van der Waals surface area contributed by atoms with Crippen molar-refractivity contribution in [2.45, 2.75) is 19.9 Å². The molecule has 1 amide bonds. The number of rotatable bonds is 6. The highest BCUT2D eigenvalue weighted by atomic mass is 32.1. The summed E-state index contributed by atoms with van der Waals surface area (Å²) in [6.45, 7) is 8.06. The minimum Gasteiger partial charge on any atom is -0.496 e. The molecule has 0 aliphatic carbocycles. The SMILES string of the molecule is COc1ccc([C@@H](C)NC(=O)c2cc(N3CCN(C)CC3)ccc2C)cc1-c1ccsc1. The van der Waals surface area contributed by atoms with Crippen molar-refractivity contribution in [2.75, 3.05) is 45.2 Å². The Morgan fingerprint density at radius 1 is 1.09 bits per heavy atom. The van der Waals surface area contributed by atoms with Gasteiger partial charge in [-0.25, -0.2) is 0 Å². The van der Waals surface area contributed by atoms with E-state index < -0.39 is 0 Å². The number of methoxy groups -OCH3 is 1. The van der Waals surface area contributed by atoms with Crippen LogP contribution < -0.4 is 15.0 Å². The number of amides is 1. The van der Waals surface area contributed by atoms with Crippen LogP contribution in [0.3, 0.4) is 0 Å². The lowest BCUT2D eigenvalue weighted by Gasteiger charge is -2.34. The second-order valence-electron chi connectivity index (χ2n) is 8.46. The average Bonchev–Trinajstić information content (AvgIpc) is 3.34. The maximum Gasteiger partial charge on any atom is 0.252 e. The quantitative estimate of drug-likeness (QED) is 0.577. The molecular weight excluding hydrogens is 418 g/mol. The van der Waals surface area contributed by atoms with Crippen LogP contribution in [0, 0.1) is 6.92 Å². The van der Waals surface area contributed by atoms with E-state index in [-0.39, 0.29) is 11.9 Å². The Balaban J connectivity index is 1.53. The number of aryl methyl sites for hydroxylation is 1. The molecule has 1 aromatic heterocycles. The van der Waals surface area contributed by atoms with E-state index >= 15 is 0 Å². The molecule has 1 aliphatic rings. The molecule has 1 N–H and O–H groups in total. The minimum absolute atomic E-state index is 0.0427. The van der Waals surface area contributed by atoms with Gasteiger partial charge >= 0.3 is 0 Å². The number of carbonyl (C=O) groups is 1. The lowest BCUT2D eigenvalue weighted by molar-refractivity contribution is 0.0939. The number of nitrogens with one attached hydrogen (secondary N) is 1. The third kappa shape index (κ3) is 4.81. The summed E-state index contributed by atoms with van der Waals surface area (Å²) < 4.78 is 5.56. The van der Waals surface area contributed by atoms with E-state index in [2.05, 4.69) is 57.2 Å². The topological polar surface area (TPSA) is 44.8 Å². The van der Waals surface area contributed by atoms with Crippen LogP contribution in [0.1, 0.15) is 34.5 Å². The van der Waals surface area contributed by atoms with E-state index in [1.807, 2.05) is 32.0 Å². The zero-order valence-corrected chi connectivity index (χ0v) is 20.0. The first-order chi connectivity index (χ1) is 15.5. The second kappa shape index (κ2) is 9.76. The number of benzene rings is 2. The highest BCUT2D eigenvalue weighted by Gasteiger charge is 2.19. The Morgan fingerprint density at radius 3 is 2.56 bits per heavy atom. The standard InChI is InChI=1S/C26H31N3O2S/c1-18-5-7-22(29-12-10-28(3)11-13-29)16-23(18)26(30)27-19(2)20-6-8-25(31-4)24(15-20)21-9-14-32-17-21/h5-9,14-17,19H,10-13H2,1-4H3,(H,27,30)/t19-/m1/s1.